The minimum Gasteiger partial charge on any atom is -0.311 e. The number of hydrogen-bond acceptors (Lipinski definition) is 2. The van der Waals surface area contributed by atoms with Gasteiger partial charge in [0.25, 0.3) is 0 Å². The fraction of sp³-hybridized carbons (Fsp3) is 0.100. The second-order valence-corrected chi connectivity index (χ2v) is 10.7. The van der Waals surface area contributed by atoms with E-state index in [0.717, 1.165) is 40.5 Å². The molecule has 0 N–H and O–H groups in total. The third kappa shape index (κ3) is 5.84. The first kappa shape index (κ1) is 27.1. The summed E-state index contributed by atoms with van der Waals surface area (Å²) in [7, 11) is 0. The van der Waals surface area contributed by atoms with Gasteiger partial charge in [-0.15, -0.1) is 0 Å². The second kappa shape index (κ2) is 12.6. The quantitative estimate of drug-likeness (QED) is 0.179. The van der Waals surface area contributed by atoms with E-state index >= 15 is 0 Å². The summed E-state index contributed by atoms with van der Waals surface area (Å²) < 4.78 is 0. The van der Waals surface area contributed by atoms with Crippen molar-refractivity contribution in [1.29, 1.82) is 0 Å². The molecule has 6 rings (SSSR count). The van der Waals surface area contributed by atoms with E-state index in [-0.39, 0.29) is 0 Å². The zero-order valence-electron chi connectivity index (χ0n) is 24.3. The molecule has 1 atom stereocenters. The molecule has 0 spiro atoms. The molecule has 0 aliphatic carbocycles. The lowest BCUT2D eigenvalue weighted by atomic mass is 9.98. The smallest absolute Gasteiger partial charge is 0.0462 e. The van der Waals surface area contributed by atoms with Crippen LogP contribution in [0.15, 0.2) is 164 Å². The van der Waals surface area contributed by atoms with Crippen LogP contribution < -0.4 is 9.80 Å². The predicted octanol–water partition coefficient (Wildman–Crippen LogP) is 11.8. The van der Waals surface area contributed by atoms with Crippen molar-refractivity contribution in [2.45, 2.75) is 26.2 Å². The van der Waals surface area contributed by atoms with Gasteiger partial charge < -0.3 is 9.80 Å². The van der Waals surface area contributed by atoms with E-state index in [1.807, 2.05) is 0 Å². The van der Waals surface area contributed by atoms with Crippen molar-refractivity contribution in [2.75, 3.05) is 9.80 Å². The summed E-state index contributed by atoms with van der Waals surface area (Å²) >= 11 is 0. The first-order valence-corrected chi connectivity index (χ1v) is 14.8. The number of rotatable bonds is 9. The SMILES string of the molecule is CCC(C)c1ccc(N(c2ccccc2)c2ccc(-c3ccc(N(c4ccccc4)c4ccccc4)cc3)cc2)cc1. The van der Waals surface area contributed by atoms with E-state index in [0.29, 0.717) is 5.92 Å². The molecule has 42 heavy (non-hydrogen) atoms. The second-order valence-electron chi connectivity index (χ2n) is 10.7. The van der Waals surface area contributed by atoms with E-state index in [4.69, 9.17) is 0 Å². The molecule has 6 aromatic rings. The number of nitrogens with zero attached hydrogens (tertiary/aromatic N) is 2. The fourth-order valence-electron chi connectivity index (χ4n) is 5.42. The number of benzene rings is 6. The van der Waals surface area contributed by atoms with Crippen LogP contribution in [0.3, 0.4) is 0 Å². The minimum absolute atomic E-state index is 0.558. The fourth-order valence-corrected chi connectivity index (χ4v) is 5.42. The minimum atomic E-state index is 0.558. The van der Waals surface area contributed by atoms with Crippen LogP contribution in [0.25, 0.3) is 11.1 Å². The third-order valence-electron chi connectivity index (χ3n) is 7.96. The Morgan fingerprint density at radius 2 is 0.667 bits per heavy atom. The number of para-hydroxylation sites is 3. The maximum absolute atomic E-state index is 2.32. The molecule has 0 amide bonds. The van der Waals surface area contributed by atoms with Gasteiger partial charge in [0.2, 0.25) is 0 Å². The average Bonchev–Trinajstić information content (AvgIpc) is 3.07. The number of anilines is 6. The summed E-state index contributed by atoms with van der Waals surface area (Å²) in [5, 5.41) is 0. The van der Waals surface area contributed by atoms with Gasteiger partial charge in [0.1, 0.15) is 0 Å². The molecular weight excluding hydrogens is 508 g/mol. The summed E-state index contributed by atoms with van der Waals surface area (Å²) in [6.45, 7) is 4.53. The predicted molar refractivity (Wildman–Crippen MR) is 180 cm³/mol. The van der Waals surface area contributed by atoms with Gasteiger partial charge in [-0.2, -0.15) is 0 Å². The molecule has 0 bridgehead atoms. The lowest BCUT2D eigenvalue weighted by Gasteiger charge is -2.26. The summed E-state index contributed by atoms with van der Waals surface area (Å²) in [5.74, 6) is 0.558. The first-order chi connectivity index (χ1) is 20.7. The molecule has 0 aliphatic heterocycles. The van der Waals surface area contributed by atoms with Gasteiger partial charge in [0.05, 0.1) is 0 Å². The molecule has 206 valence electrons. The average molecular weight is 545 g/mol. The largest absolute Gasteiger partial charge is 0.311 e. The van der Waals surface area contributed by atoms with Crippen molar-refractivity contribution < 1.29 is 0 Å². The highest BCUT2D eigenvalue weighted by Gasteiger charge is 2.15. The summed E-state index contributed by atoms with van der Waals surface area (Å²) in [6.07, 6.45) is 1.14. The summed E-state index contributed by atoms with van der Waals surface area (Å²) in [6, 6.07) is 58.4. The standard InChI is InChI=1S/C40H36N2/c1-3-31(2)32-19-25-38(26-20-32)42(37-17-11-6-12-18-37)40-29-23-34(24-30-40)33-21-27-39(28-22-33)41(35-13-7-4-8-14-35)36-15-9-5-10-16-36/h4-31H,3H2,1-2H3. The molecule has 0 aliphatic rings. The van der Waals surface area contributed by atoms with Crippen molar-refractivity contribution in [3.05, 3.63) is 169 Å². The topological polar surface area (TPSA) is 6.48 Å². The van der Waals surface area contributed by atoms with Crippen molar-refractivity contribution in [3.8, 4) is 11.1 Å². The summed E-state index contributed by atoms with van der Waals surface area (Å²) in [5.41, 5.74) is 10.6. The van der Waals surface area contributed by atoms with Gasteiger partial charge >= 0.3 is 0 Å². The van der Waals surface area contributed by atoms with Crippen molar-refractivity contribution in [2.24, 2.45) is 0 Å². The van der Waals surface area contributed by atoms with E-state index in [9.17, 15) is 0 Å². The highest BCUT2D eigenvalue weighted by atomic mass is 15.1. The molecule has 2 nitrogen and oxygen atoms in total. The van der Waals surface area contributed by atoms with E-state index < -0.39 is 0 Å². The lowest BCUT2D eigenvalue weighted by molar-refractivity contribution is 0.733. The molecule has 2 heteroatoms. The molecule has 0 saturated carbocycles. The molecule has 6 aromatic carbocycles. The van der Waals surface area contributed by atoms with E-state index in [1.165, 1.54) is 16.7 Å². The Bertz CT molecular complexity index is 1640. The Kier molecular flexibility index (Phi) is 8.14. The van der Waals surface area contributed by atoms with Crippen LogP contribution in [0.1, 0.15) is 31.7 Å². The maximum Gasteiger partial charge on any atom is 0.0462 e. The van der Waals surface area contributed by atoms with Gasteiger partial charge in [-0.1, -0.05) is 105 Å². The van der Waals surface area contributed by atoms with E-state index in [1.54, 1.807) is 0 Å². The van der Waals surface area contributed by atoms with Gasteiger partial charge in [-0.25, -0.2) is 0 Å². The molecule has 0 aromatic heterocycles. The van der Waals surface area contributed by atoms with E-state index in [2.05, 4.69) is 187 Å². The van der Waals surface area contributed by atoms with Crippen LogP contribution in [-0.4, -0.2) is 0 Å². The Balaban J connectivity index is 1.30. The van der Waals surface area contributed by atoms with Crippen LogP contribution in [0, 0.1) is 0 Å². The first-order valence-electron chi connectivity index (χ1n) is 14.8. The van der Waals surface area contributed by atoms with Crippen molar-refractivity contribution in [3.63, 3.8) is 0 Å². The van der Waals surface area contributed by atoms with Crippen LogP contribution in [0.2, 0.25) is 0 Å². The van der Waals surface area contributed by atoms with Crippen LogP contribution in [0.4, 0.5) is 34.1 Å². The van der Waals surface area contributed by atoms with Gasteiger partial charge in [0.15, 0.2) is 0 Å². The molecule has 1 unspecified atom stereocenters. The Hall–Kier alpha value is -5.08. The van der Waals surface area contributed by atoms with Crippen LogP contribution in [0.5, 0.6) is 0 Å². The van der Waals surface area contributed by atoms with Crippen molar-refractivity contribution >= 4 is 34.1 Å². The van der Waals surface area contributed by atoms with Gasteiger partial charge in [0, 0.05) is 34.1 Å². The maximum atomic E-state index is 2.32. The summed E-state index contributed by atoms with van der Waals surface area (Å²) in [4.78, 5) is 4.61. The monoisotopic (exact) mass is 544 g/mol. The Labute approximate surface area is 250 Å². The lowest BCUT2D eigenvalue weighted by Crippen LogP contribution is -2.10. The van der Waals surface area contributed by atoms with Crippen molar-refractivity contribution in [1.82, 2.24) is 0 Å². The van der Waals surface area contributed by atoms with Crippen LogP contribution >= 0.6 is 0 Å². The molecule has 0 radical (unpaired) electrons. The highest BCUT2D eigenvalue weighted by molar-refractivity contribution is 5.80. The van der Waals surface area contributed by atoms with Gasteiger partial charge in [-0.3, -0.25) is 0 Å². The highest BCUT2D eigenvalue weighted by Crippen LogP contribution is 2.38. The van der Waals surface area contributed by atoms with Gasteiger partial charge in [-0.05, 0) is 102 Å². The molecule has 0 saturated heterocycles. The zero-order valence-corrected chi connectivity index (χ0v) is 24.3. The molecule has 0 fully saturated rings. The Morgan fingerprint density at radius 3 is 0.976 bits per heavy atom. The van der Waals surface area contributed by atoms with Crippen LogP contribution in [-0.2, 0) is 0 Å². The third-order valence-corrected chi connectivity index (χ3v) is 7.96. The zero-order chi connectivity index (χ0) is 28.7. The Morgan fingerprint density at radius 1 is 0.381 bits per heavy atom. The molecular formula is C40H36N2. The normalized spacial score (nSPS) is 11.6. The molecule has 0 heterocycles. The number of hydrogen-bond donors (Lipinski definition) is 0.